The van der Waals surface area contributed by atoms with Gasteiger partial charge in [-0.3, -0.25) is 0 Å². The summed E-state index contributed by atoms with van der Waals surface area (Å²) in [6, 6.07) is 4.76. The Bertz CT molecular complexity index is 495. The zero-order valence-electron chi connectivity index (χ0n) is 11.9. The monoisotopic (exact) mass is 354 g/mol. The van der Waals surface area contributed by atoms with Gasteiger partial charge in [-0.1, -0.05) is 33.8 Å². The summed E-state index contributed by atoms with van der Waals surface area (Å²) in [4.78, 5) is 0. The molecule has 2 aliphatic rings. The van der Waals surface area contributed by atoms with Crippen LogP contribution in [0.3, 0.4) is 0 Å². The van der Waals surface area contributed by atoms with E-state index in [1.807, 2.05) is 0 Å². The SMILES string of the molecule is CC1(C)CCC2CCC(C)(C)c3c(I)ccc1c32. The molecule has 18 heavy (non-hydrogen) atoms. The fraction of sp³-hybridized carbons (Fsp3) is 0.647. The fourth-order valence-electron chi connectivity index (χ4n) is 4.06. The molecule has 0 aromatic heterocycles. The van der Waals surface area contributed by atoms with Crippen molar-refractivity contribution in [3.63, 3.8) is 0 Å². The smallest absolute Gasteiger partial charge is 0.0170 e. The molecule has 0 saturated heterocycles. The van der Waals surface area contributed by atoms with Crippen LogP contribution in [0.25, 0.3) is 0 Å². The maximum absolute atomic E-state index is 2.55. The van der Waals surface area contributed by atoms with Crippen LogP contribution in [0.1, 0.15) is 76.0 Å². The zero-order valence-corrected chi connectivity index (χ0v) is 14.1. The van der Waals surface area contributed by atoms with Gasteiger partial charge in [-0.2, -0.15) is 0 Å². The lowest BCUT2D eigenvalue weighted by atomic mass is 9.59. The average molecular weight is 354 g/mol. The van der Waals surface area contributed by atoms with E-state index in [4.69, 9.17) is 0 Å². The maximum atomic E-state index is 2.55. The molecule has 1 atom stereocenters. The molecular formula is C17H23I. The van der Waals surface area contributed by atoms with Crippen molar-refractivity contribution in [2.75, 3.05) is 0 Å². The highest BCUT2D eigenvalue weighted by Gasteiger charge is 2.41. The summed E-state index contributed by atoms with van der Waals surface area (Å²) in [6.45, 7) is 9.71. The standard InChI is InChI=1S/C17H23I/c1-16(2)9-7-11-8-10-17(3,4)15-13(18)6-5-12(16)14(11)15/h5-6,11H,7-10H2,1-4H3. The summed E-state index contributed by atoms with van der Waals surface area (Å²) in [7, 11) is 0. The summed E-state index contributed by atoms with van der Waals surface area (Å²) < 4.78 is 1.48. The van der Waals surface area contributed by atoms with Crippen LogP contribution in [0.5, 0.6) is 0 Å². The van der Waals surface area contributed by atoms with Crippen LogP contribution in [-0.4, -0.2) is 0 Å². The first-order valence-electron chi connectivity index (χ1n) is 7.16. The Balaban J connectivity index is 2.32. The van der Waals surface area contributed by atoms with Gasteiger partial charge in [0.05, 0.1) is 0 Å². The maximum Gasteiger partial charge on any atom is 0.0170 e. The van der Waals surface area contributed by atoms with E-state index in [0.717, 1.165) is 5.92 Å². The van der Waals surface area contributed by atoms with Gasteiger partial charge < -0.3 is 0 Å². The molecule has 0 bridgehead atoms. The molecule has 0 N–H and O–H groups in total. The molecule has 0 spiro atoms. The van der Waals surface area contributed by atoms with E-state index in [9.17, 15) is 0 Å². The average Bonchev–Trinajstić information content (AvgIpc) is 2.26. The lowest BCUT2D eigenvalue weighted by molar-refractivity contribution is 0.319. The van der Waals surface area contributed by atoms with Crippen molar-refractivity contribution in [1.82, 2.24) is 0 Å². The first-order valence-corrected chi connectivity index (χ1v) is 8.24. The molecule has 98 valence electrons. The van der Waals surface area contributed by atoms with E-state index in [0.29, 0.717) is 10.8 Å². The van der Waals surface area contributed by atoms with Crippen molar-refractivity contribution in [3.8, 4) is 0 Å². The van der Waals surface area contributed by atoms with Crippen LogP contribution in [0.2, 0.25) is 0 Å². The minimum Gasteiger partial charge on any atom is -0.0571 e. The summed E-state index contributed by atoms with van der Waals surface area (Å²) in [6.07, 6.45) is 5.49. The fourth-order valence-corrected chi connectivity index (χ4v) is 5.26. The molecule has 0 aliphatic heterocycles. The number of benzene rings is 1. The molecule has 1 aromatic carbocycles. The van der Waals surface area contributed by atoms with Crippen LogP contribution in [0.4, 0.5) is 0 Å². The van der Waals surface area contributed by atoms with E-state index in [1.54, 1.807) is 16.7 Å². The second kappa shape index (κ2) is 3.97. The van der Waals surface area contributed by atoms with Gasteiger partial charge in [-0.25, -0.2) is 0 Å². The van der Waals surface area contributed by atoms with E-state index >= 15 is 0 Å². The topological polar surface area (TPSA) is 0 Å². The summed E-state index contributed by atoms with van der Waals surface area (Å²) >= 11 is 2.55. The van der Waals surface area contributed by atoms with Gasteiger partial charge in [-0.15, -0.1) is 0 Å². The first kappa shape index (κ1) is 13.0. The van der Waals surface area contributed by atoms with Gasteiger partial charge in [0.25, 0.3) is 0 Å². The highest BCUT2D eigenvalue weighted by atomic mass is 127. The predicted octanol–water partition coefficient (Wildman–Crippen LogP) is 5.52. The summed E-state index contributed by atoms with van der Waals surface area (Å²) in [5.74, 6) is 0.839. The molecule has 0 nitrogen and oxygen atoms in total. The lowest BCUT2D eigenvalue weighted by Crippen LogP contribution is -2.35. The molecule has 0 amide bonds. The van der Waals surface area contributed by atoms with Crippen LogP contribution < -0.4 is 0 Å². The third kappa shape index (κ3) is 1.76. The third-order valence-electron chi connectivity index (χ3n) is 5.24. The molecule has 2 aliphatic carbocycles. The Morgan fingerprint density at radius 2 is 1.61 bits per heavy atom. The highest BCUT2D eigenvalue weighted by Crippen LogP contribution is 2.53. The summed E-state index contributed by atoms with van der Waals surface area (Å²) in [5.41, 5.74) is 5.78. The van der Waals surface area contributed by atoms with Crippen LogP contribution >= 0.6 is 22.6 Å². The van der Waals surface area contributed by atoms with Gasteiger partial charge in [-0.05, 0) is 87.8 Å². The quantitative estimate of drug-likeness (QED) is 0.539. The Kier molecular flexibility index (Phi) is 2.86. The van der Waals surface area contributed by atoms with Gasteiger partial charge in [0.15, 0.2) is 0 Å². The van der Waals surface area contributed by atoms with Crippen LogP contribution in [0.15, 0.2) is 12.1 Å². The van der Waals surface area contributed by atoms with Crippen LogP contribution in [0, 0.1) is 3.57 Å². The van der Waals surface area contributed by atoms with E-state index in [2.05, 4.69) is 62.4 Å². The highest BCUT2D eigenvalue weighted by molar-refractivity contribution is 14.1. The Labute approximate surface area is 125 Å². The molecule has 0 fully saturated rings. The second-order valence-electron chi connectivity index (χ2n) is 7.43. The molecule has 0 saturated carbocycles. The van der Waals surface area contributed by atoms with Crippen molar-refractivity contribution in [1.29, 1.82) is 0 Å². The molecule has 1 aromatic rings. The summed E-state index contributed by atoms with van der Waals surface area (Å²) in [5, 5.41) is 0. The normalized spacial score (nSPS) is 27.7. The molecule has 0 radical (unpaired) electrons. The Hall–Kier alpha value is -0.0500. The Morgan fingerprint density at radius 3 is 2.28 bits per heavy atom. The molecular weight excluding hydrogens is 331 g/mol. The van der Waals surface area contributed by atoms with Crippen molar-refractivity contribution in [2.24, 2.45) is 0 Å². The van der Waals surface area contributed by atoms with E-state index < -0.39 is 0 Å². The minimum atomic E-state index is 0.367. The van der Waals surface area contributed by atoms with Crippen molar-refractivity contribution in [3.05, 3.63) is 32.4 Å². The van der Waals surface area contributed by atoms with E-state index in [1.165, 1.54) is 29.3 Å². The molecule has 1 heteroatoms. The third-order valence-corrected chi connectivity index (χ3v) is 6.14. The number of hydrogen-bond acceptors (Lipinski definition) is 0. The second-order valence-corrected chi connectivity index (χ2v) is 8.59. The van der Waals surface area contributed by atoms with Crippen molar-refractivity contribution >= 4 is 22.6 Å². The van der Waals surface area contributed by atoms with Gasteiger partial charge >= 0.3 is 0 Å². The van der Waals surface area contributed by atoms with E-state index in [-0.39, 0.29) is 0 Å². The first-order chi connectivity index (χ1) is 8.33. The van der Waals surface area contributed by atoms with Gasteiger partial charge in [0, 0.05) is 3.57 Å². The zero-order chi connectivity index (χ0) is 13.1. The van der Waals surface area contributed by atoms with Gasteiger partial charge in [0.1, 0.15) is 0 Å². The number of halogens is 1. The predicted molar refractivity (Wildman–Crippen MR) is 86.4 cm³/mol. The van der Waals surface area contributed by atoms with Crippen molar-refractivity contribution < 1.29 is 0 Å². The molecule has 3 rings (SSSR count). The lowest BCUT2D eigenvalue weighted by Gasteiger charge is -2.46. The largest absolute Gasteiger partial charge is 0.0571 e. The molecule has 0 heterocycles. The number of rotatable bonds is 0. The van der Waals surface area contributed by atoms with Gasteiger partial charge in [0.2, 0.25) is 0 Å². The number of hydrogen-bond donors (Lipinski definition) is 0. The Morgan fingerprint density at radius 1 is 1.00 bits per heavy atom. The molecule has 1 unspecified atom stereocenters. The van der Waals surface area contributed by atoms with Crippen LogP contribution in [-0.2, 0) is 10.8 Å². The minimum absolute atomic E-state index is 0.367. The van der Waals surface area contributed by atoms with Crippen molar-refractivity contribution in [2.45, 2.75) is 70.1 Å².